The number of hydrogen-bond donors (Lipinski definition) is 7. The summed E-state index contributed by atoms with van der Waals surface area (Å²) in [4.78, 5) is 0. The summed E-state index contributed by atoms with van der Waals surface area (Å²) in [6, 6.07) is 4.03. The van der Waals surface area contributed by atoms with Gasteiger partial charge >= 0.3 is 0 Å². The molecule has 2 aliphatic heterocycles. The molecule has 7 N–H and O–H groups in total. The zero-order valence-corrected chi connectivity index (χ0v) is 16.0. The minimum absolute atomic E-state index is 0.113. The number of phenols is 1. The Balaban J connectivity index is 1.64. The van der Waals surface area contributed by atoms with E-state index < -0.39 is 61.9 Å². The van der Waals surface area contributed by atoms with Crippen LogP contribution < -0.4 is 9.47 Å². The first kappa shape index (κ1) is 22.9. The average molecular weight is 434 g/mol. The Hall–Kier alpha value is -1.74. The smallest absolute Gasteiger partial charge is 0.229 e. The molecule has 2 fully saturated rings. The highest BCUT2D eigenvalue weighted by Crippen LogP contribution is 2.32. The molecule has 30 heavy (non-hydrogen) atoms. The van der Waals surface area contributed by atoms with Crippen molar-refractivity contribution in [2.75, 3.05) is 20.3 Å². The molecule has 1 aromatic rings. The normalized spacial score (nSPS) is 39.5. The molecule has 0 saturated carbocycles. The summed E-state index contributed by atoms with van der Waals surface area (Å²) in [5.74, 6) is 0.137. The van der Waals surface area contributed by atoms with Crippen LogP contribution in [0.15, 0.2) is 18.2 Å². The fraction of sp³-hybridized carbons (Fsp3) is 0.667. The summed E-state index contributed by atoms with van der Waals surface area (Å²) in [6.07, 6.45) is -13.0. The van der Waals surface area contributed by atoms with Crippen LogP contribution in [-0.2, 0) is 14.2 Å². The molecule has 0 amide bonds. The van der Waals surface area contributed by atoms with Crippen LogP contribution in [0.3, 0.4) is 0 Å². The summed E-state index contributed by atoms with van der Waals surface area (Å²) < 4.78 is 26.4. The van der Waals surface area contributed by atoms with Gasteiger partial charge in [0.15, 0.2) is 17.8 Å². The number of rotatable bonds is 6. The summed E-state index contributed by atoms with van der Waals surface area (Å²) in [7, 11) is 1.34. The average Bonchev–Trinajstić information content (AvgIpc) is 2.74. The SMILES string of the molecule is COc1cc(O[C@@H]2O[C@@H](CO[C@@H]3OC[C@@H](O)[C@@H](O)[C@H]3O)[C@@H](O)[C@@H](O)[C@@H]2O)ccc1O. The third-order valence-electron chi connectivity index (χ3n) is 4.95. The molecule has 0 bridgehead atoms. The molecular weight excluding hydrogens is 408 g/mol. The van der Waals surface area contributed by atoms with E-state index in [1.807, 2.05) is 0 Å². The number of aliphatic hydroxyl groups is 6. The Morgan fingerprint density at radius 2 is 1.63 bits per heavy atom. The Kier molecular flexibility index (Phi) is 7.34. The number of hydrogen-bond acceptors (Lipinski definition) is 12. The van der Waals surface area contributed by atoms with Crippen LogP contribution in [-0.4, -0.2) is 111 Å². The number of aliphatic hydroxyl groups excluding tert-OH is 6. The second kappa shape index (κ2) is 9.60. The van der Waals surface area contributed by atoms with Crippen molar-refractivity contribution in [3.05, 3.63) is 18.2 Å². The van der Waals surface area contributed by atoms with Crippen molar-refractivity contribution >= 4 is 0 Å². The molecule has 3 rings (SSSR count). The number of methoxy groups -OCH3 is 1. The maximum atomic E-state index is 10.2. The molecule has 0 spiro atoms. The highest BCUT2D eigenvalue weighted by molar-refractivity contribution is 5.44. The van der Waals surface area contributed by atoms with Crippen molar-refractivity contribution in [2.24, 2.45) is 0 Å². The van der Waals surface area contributed by atoms with Gasteiger partial charge < -0.3 is 59.4 Å². The van der Waals surface area contributed by atoms with Gasteiger partial charge in [-0.05, 0) is 12.1 Å². The van der Waals surface area contributed by atoms with Gasteiger partial charge in [0.1, 0.15) is 48.5 Å². The Morgan fingerprint density at radius 3 is 2.33 bits per heavy atom. The number of phenolic OH excluding ortho intramolecular Hbond substituents is 1. The highest BCUT2D eigenvalue weighted by Gasteiger charge is 2.46. The highest BCUT2D eigenvalue weighted by atomic mass is 16.7. The van der Waals surface area contributed by atoms with Crippen molar-refractivity contribution in [3.63, 3.8) is 0 Å². The Bertz CT molecular complexity index is 702. The molecule has 12 heteroatoms. The predicted molar refractivity (Wildman–Crippen MR) is 95.7 cm³/mol. The first-order chi connectivity index (χ1) is 14.2. The maximum absolute atomic E-state index is 10.2. The minimum atomic E-state index is -1.64. The molecule has 0 aromatic heterocycles. The minimum Gasteiger partial charge on any atom is -0.504 e. The number of aromatic hydroxyl groups is 1. The molecule has 2 heterocycles. The maximum Gasteiger partial charge on any atom is 0.229 e. The van der Waals surface area contributed by atoms with Crippen molar-refractivity contribution < 1.29 is 59.4 Å². The van der Waals surface area contributed by atoms with E-state index in [9.17, 15) is 35.7 Å². The van der Waals surface area contributed by atoms with Crippen LogP contribution in [0.2, 0.25) is 0 Å². The Labute approximate surface area is 171 Å². The molecule has 170 valence electrons. The van der Waals surface area contributed by atoms with Gasteiger partial charge in [0.2, 0.25) is 6.29 Å². The van der Waals surface area contributed by atoms with Crippen LogP contribution in [0, 0.1) is 0 Å². The lowest BCUT2D eigenvalue weighted by Gasteiger charge is -2.41. The lowest BCUT2D eigenvalue weighted by molar-refractivity contribution is -0.307. The van der Waals surface area contributed by atoms with Crippen LogP contribution in [0.4, 0.5) is 0 Å². The van der Waals surface area contributed by atoms with Crippen LogP contribution in [0.25, 0.3) is 0 Å². The van der Waals surface area contributed by atoms with E-state index in [2.05, 4.69) is 0 Å². The molecule has 0 aliphatic carbocycles. The van der Waals surface area contributed by atoms with E-state index in [1.165, 1.54) is 25.3 Å². The topological polar surface area (TPSA) is 188 Å². The molecule has 0 radical (unpaired) electrons. The van der Waals surface area contributed by atoms with E-state index in [-0.39, 0.29) is 23.9 Å². The van der Waals surface area contributed by atoms with Crippen molar-refractivity contribution in [1.82, 2.24) is 0 Å². The van der Waals surface area contributed by atoms with Gasteiger partial charge in [-0.25, -0.2) is 0 Å². The summed E-state index contributed by atoms with van der Waals surface area (Å²) in [6.45, 7) is -0.666. The molecule has 9 atom stereocenters. The second-order valence-electron chi connectivity index (χ2n) is 7.05. The van der Waals surface area contributed by atoms with Crippen molar-refractivity contribution in [3.8, 4) is 17.2 Å². The van der Waals surface area contributed by atoms with E-state index in [0.29, 0.717) is 0 Å². The van der Waals surface area contributed by atoms with Gasteiger partial charge in [0, 0.05) is 6.07 Å². The first-order valence-electron chi connectivity index (χ1n) is 9.23. The summed E-state index contributed by atoms with van der Waals surface area (Å²) >= 11 is 0. The van der Waals surface area contributed by atoms with Crippen LogP contribution in [0.1, 0.15) is 0 Å². The van der Waals surface area contributed by atoms with Crippen molar-refractivity contribution in [2.45, 2.75) is 55.3 Å². The van der Waals surface area contributed by atoms with Gasteiger partial charge in [0.05, 0.1) is 20.3 Å². The quantitative estimate of drug-likeness (QED) is 0.241. The van der Waals surface area contributed by atoms with Gasteiger partial charge in [-0.15, -0.1) is 0 Å². The van der Waals surface area contributed by atoms with Crippen LogP contribution >= 0.6 is 0 Å². The second-order valence-corrected chi connectivity index (χ2v) is 7.05. The Morgan fingerprint density at radius 1 is 0.933 bits per heavy atom. The molecule has 0 unspecified atom stereocenters. The van der Waals surface area contributed by atoms with Gasteiger partial charge in [-0.3, -0.25) is 0 Å². The number of ether oxygens (including phenoxy) is 5. The first-order valence-corrected chi connectivity index (χ1v) is 9.23. The lowest BCUT2D eigenvalue weighted by Crippen LogP contribution is -2.61. The summed E-state index contributed by atoms with van der Waals surface area (Å²) in [5.41, 5.74) is 0. The third kappa shape index (κ3) is 4.77. The fourth-order valence-corrected chi connectivity index (χ4v) is 3.13. The van der Waals surface area contributed by atoms with E-state index in [0.717, 1.165) is 0 Å². The largest absolute Gasteiger partial charge is 0.504 e. The third-order valence-corrected chi connectivity index (χ3v) is 4.95. The van der Waals surface area contributed by atoms with E-state index in [4.69, 9.17) is 23.7 Å². The monoisotopic (exact) mass is 434 g/mol. The molecule has 1 aromatic carbocycles. The zero-order valence-electron chi connectivity index (χ0n) is 16.0. The van der Waals surface area contributed by atoms with E-state index in [1.54, 1.807) is 0 Å². The molecule has 2 saturated heterocycles. The molecule has 12 nitrogen and oxygen atoms in total. The zero-order chi connectivity index (χ0) is 22.0. The van der Waals surface area contributed by atoms with Gasteiger partial charge in [-0.1, -0.05) is 0 Å². The molecule has 2 aliphatic rings. The predicted octanol–water partition coefficient (Wildman–Crippen LogP) is -2.96. The van der Waals surface area contributed by atoms with Crippen LogP contribution in [0.5, 0.6) is 17.2 Å². The fourth-order valence-electron chi connectivity index (χ4n) is 3.13. The van der Waals surface area contributed by atoms with Gasteiger partial charge in [-0.2, -0.15) is 0 Å². The standard InChI is InChI=1S/C18H26O12/c1-26-10-4-7(2-3-8(10)19)29-18-16(25)14(23)13(22)11(30-18)6-28-17-15(24)12(21)9(20)5-27-17/h2-4,9,11-25H,5-6H2,1H3/t9-,11+,12-,13-,14-,15-,16+,17+,18-/m1/s1. The number of benzene rings is 1. The van der Waals surface area contributed by atoms with E-state index >= 15 is 0 Å². The summed E-state index contributed by atoms with van der Waals surface area (Å²) in [5, 5.41) is 69.2. The lowest BCUT2D eigenvalue weighted by atomic mass is 9.99. The molecular formula is C18H26O12. The van der Waals surface area contributed by atoms with Crippen molar-refractivity contribution in [1.29, 1.82) is 0 Å². The van der Waals surface area contributed by atoms with Gasteiger partial charge in [0.25, 0.3) is 0 Å².